The minimum atomic E-state index is 0.629. The molecule has 4 aromatic rings. The summed E-state index contributed by atoms with van der Waals surface area (Å²) >= 11 is 2.29. The van der Waals surface area contributed by atoms with Crippen molar-refractivity contribution in [3.05, 3.63) is 81.9 Å². The van der Waals surface area contributed by atoms with Gasteiger partial charge in [0.05, 0.1) is 5.69 Å². The normalized spacial score (nSPS) is 11.4. The molecule has 3 nitrogen and oxygen atoms in total. The number of fused-ring (bicyclic) bond motifs is 1. The Morgan fingerprint density at radius 1 is 0.917 bits per heavy atom. The summed E-state index contributed by atoms with van der Waals surface area (Å²) < 4.78 is 7.03. The molecule has 0 N–H and O–H groups in total. The molecule has 0 aliphatic carbocycles. The van der Waals surface area contributed by atoms with Crippen LogP contribution in [-0.2, 0) is 0 Å². The second-order valence-electron chi connectivity index (χ2n) is 5.35. The van der Waals surface area contributed by atoms with Crippen LogP contribution in [0, 0.1) is 3.57 Å². The van der Waals surface area contributed by atoms with Crippen LogP contribution in [0.1, 0.15) is 5.56 Å². The van der Waals surface area contributed by atoms with Crippen molar-refractivity contribution < 1.29 is 4.42 Å². The number of halogens is 1. The van der Waals surface area contributed by atoms with E-state index in [2.05, 4.69) is 44.7 Å². The number of aromatic nitrogens is 1. The topological polar surface area (TPSA) is 38.4 Å². The van der Waals surface area contributed by atoms with E-state index in [9.17, 15) is 0 Å². The summed E-state index contributed by atoms with van der Waals surface area (Å²) in [6, 6.07) is 23.9. The molecule has 0 saturated carbocycles. The quantitative estimate of drug-likeness (QED) is 0.306. The third-order valence-corrected chi connectivity index (χ3v) is 4.34. The third-order valence-electron chi connectivity index (χ3n) is 3.62. The predicted octanol–water partition coefficient (Wildman–Crippen LogP) is 5.85. The van der Waals surface area contributed by atoms with Gasteiger partial charge in [0.2, 0.25) is 5.89 Å². The van der Waals surface area contributed by atoms with Crippen molar-refractivity contribution in [2.24, 2.45) is 4.99 Å². The molecule has 1 aromatic heterocycles. The van der Waals surface area contributed by atoms with Crippen LogP contribution in [0.2, 0.25) is 0 Å². The Labute approximate surface area is 153 Å². The van der Waals surface area contributed by atoms with Crippen LogP contribution in [0.3, 0.4) is 0 Å². The summed E-state index contributed by atoms with van der Waals surface area (Å²) in [5.41, 5.74) is 4.47. The van der Waals surface area contributed by atoms with E-state index >= 15 is 0 Å². The van der Waals surface area contributed by atoms with E-state index in [1.165, 1.54) is 3.57 Å². The zero-order chi connectivity index (χ0) is 16.4. The molecule has 0 aliphatic heterocycles. The summed E-state index contributed by atoms with van der Waals surface area (Å²) in [5, 5.41) is 0. The van der Waals surface area contributed by atoms with Crippen LogP contribution in [0.25, 0.3) is 22.6 Å². The molecule has 4 rings (SSSR count). The SMILES string of the molecule is Ic1ccc(C=Nc2ccc3oc(-c4ccccc4)nc3c2)cc1. The lowest BCUT2D eigenvalue weighted by molar-refractivity contribution is 0.620. The molecule has 116 valence electrons. The predicted molar refractivity (Wildman–Crippen MR) is 106 cm³/mol. The smallest absolute Gasteiger partial charge is 0.227 e. The number of aliphatic imine (C=N–C) groups is 1. The van der Waals surface area contributed by atoms with E-state index in [-0.39, 0.29) is 0 Å². The summed E-state index contributed by atoms with van der Waals surface area (Å²) in [6.07, 6.45) is 1.86. The van der Waals surface area contributed by atoms with E-state index in [1.807, 2.05) is 66.9 Å². The van der Waals surface area contributed by atoms with Crippen molar-refractivity contribution in [3.8, 4) is 11.5 Å². The first kappa shape index (κ1) is 15.1. The maximum absolute atomic E-state index is 5.82. The van der Waals surface area contributed by atoms with Crippen LogP contribution in [-0.4, -0.2) is 11.2 Å². The van der Waals surface area contributed by atoms with Gasteiger partial charge >= 0.3 is 0 Å². The molecule has 0 saturated heterocycles. The molecule has 4 heteroatoms. The summed E-state index contributed by atoms with van der Waals surface area (Å²) in [5.74, 6) is 0.629. The Balaban J connectivity index is 1.64. The molecule has 0 spiro atoms. The van der Waals surface area contributed by atoms with Gasteiger partial charge in [-0.2, -0.15) is 0 Å². The van der Waals surface area contributed by atoms with E-state index in [0.29, 0.717) is 5.89 Å². The number of oxazole rings is 1. The van der Waals surface area contributed by atoms with Gasteiger partial charge in [-0.05, 0) is 70.6 Å². The number of hydrogen-bond acceptors (Lipinski definition) is 3. The molecule has 0 bridgehead atoms. The summed E-state index contributed by atoms with van der Waals surface area (Å²) in [6.45, 7) is 0. The van der Waals surface area contributed by atoms with Gasteiger partial charge in [0.25, 0.3) is 0 Å². The maximum atomic E-state index is 5.82. The molecule has 1 heterocycles. The highest BCUT2D eigenvalue weighted by molar-refractivity contribution is 14.1. The first-order valence-corrected chi connectivity index (χ1v) is 8.61. The van der Waals surface area contributed by atoms with Crippen LogP contribution >= 0.6 is 22.6 Å². The van der Waals surface area contributed by atoms with Gasteiger partial charge in [0.1, 0.15) is 5.52 Å². The van der Waals surface area contributed by atoms with Gasteiger partial charge in [0, 0.05) is 15.3 Å². The van der Waals surface area contributed by atoms with Crippen LogP contribution in [0.4, 0.5) is 5.69 Å². The Morgan fingerprint density at radius 3 is 2.50 bits per heavy atom. The molecular formula is C20H13IN2O. The van der Waals surface area contributed by atoms with Gasteiger partial charge < -0.3 is 4.42 Å². The number of benzene rings is 3. The molecule has 3 aromatic carbocycles. The van der Waals surface area contributed by atoms with Gasteiger partial charge in [0.15, 0.2) is 5.58 Å². The third kappa shape index (κ3) is 3.23. The maximum Gasteiger partial charge on any atom is 0.227 e. The molecule has 0 radical (unpaired) electrons. The van der Waals surface area contributed by atoms with Crippen LogP contribution in [0.5, 0.6) is 0 Å². The monoisotopic (exact) mass is 424 g/mol. The first-order valence-electron chi connectivity index (χ1n) is 7.54. The summed E-state index contributed by atoms with van der Waals surface area (Å²) in [4.78, 5) is 9.10. The average molecular weight is 424 g/mol. The molecule has 0 unspecified atom stereocenters. The van der Waals surface area contributed by atoms with Crippen LogP contribution in [0.15, 0.2) is 82.2 Å². The zero-order valence-electron chi connectivity index (χ0n) is 12.7. The minimum absolute atomic E-state index is 0.629. The lowest BCUT2D eigenvalue weighted by Crippen LogP contribution is -1.80. The molecule has 0 amide bonds. The Bertz CT molecular complexity index is 1000. The van der Waals surface area contributed by atoms with E-state index in [4.69, 9.17) is 4.42 Å². The van der Waals surface area contributed by atoms with Crippen molar-refractivity contribution >= 4 is 45.6 Å². The highest BCUT2D eigenvalue weighted by Crippen LogP contribution is 2.26. The van der Waals surface area contributed by atoms with Gasteiger partial charge in [-0.3, -0.25) is 4.99 Å². The molecule has 0 atom stereocenters. The fourth-order valence-corrected chi connectivity index (χ4v) is 2.76. The van der Waals surface area contributed by atoms with Gasteiger partial charge in [-0.15, -0.1) is 0 Å². The Kier molecular flexibility index (Phi) is 4.13. The Hall–Kier alpha value is -2.47. The molecule has 0 fully saturated rings. The van der Waals surface area contributed by atoms with Crippen molar-refractivity contribution in [1.82, 2.24) is 4.98 Å². The average Bonchev–Trinajstić information content (AvgIpc) is 3.05. The molecule has 0 aliphatic rings. The largest absolute Gasteiger partial charge is 0.436 e. The van der Waals surface area contributed by atoms with Crippen LogP contribution < -0.4 is 0 Å². The standard InChI is InChI=1S/C20H13IN2O/c21-16-8-6-14(7-9-16)13-22-17-10-11-19-18(12-17)23-20(24-19)15-4-2-1-3-5-15/h1-13H. The summed E-state index contributed by atoms with van der Waals surface area (Å²) in [7, 11) is 0. The number of nitrogens with zero attached hydrogens (tertiary/aromatic N) is 2. The fourth-order valence-electron chi connectivity index (χ4n) is 2.40. The molecular weight excluding hydrogens is 411 g/mol. The fraction of sp³-hybridized carbons (Fsp3) is 0. The number of hydrogen-bond donors (Lipinski definition) is 0. The second kappa shape index (κ2) is 6.57. The second-order valence-corrected chi connectivity index (χ2v) is 6.59. The lowest BCUT2D eigenvalue weighted by atomic mass is 10.2. The Morgan fingerprint density at radius 2 is 1.71 bits per heavy atom. The van der Waals surface area contributed by atoms with Crippen molar-refractivity contribution in [1.29, 1.82) is 0 Å². The van der Waals surface area contributed by atoms with Gasteiger partial charge in [-0.1, -0.05) is 30.3 Å². The highest BCUT2D eigenvalue weighted by Gasteiger charge is 2.08. The minimum Gasteiger partial charge on any atom is -0.436 e. The number of rotatable bonds is 3. The van der Waals surface area contributed by atoms with Crippen molar-refractivity contribution in [3.63, 3.8) is 0 Å². The first-order chi connectivity index (χ1) is 11.8. The van der Waals surface area contributed by atoms with E-state index < -0.39 is 0 Å². The zero-order valence-corrected chi connectivity index (χ0v) is 14.8. The van der Waals surface area contributed by atoms with Gasteiger partial charge in [-0.25, -0.2) is 4.98 Å². The lowest BCUT2D eigenvalue weighted by Gasteiger charge is -1.95. The van der Waals surface area contributed by atoms with Crippen molar-refractivity contribution in [2.75, 3.05) is 0 Å². The van der Waals surface area contributed by atoms with E-state index in [1.54, 1.807) is 0 Å². The van der Waals surface area contributed by atoms with Crippen molar-refractivity contribution in [2.45, 2.75) is 0 Å². The highest BCUT2D eigenvalue weighted by atomic mass is 127. The van der Waals surface area contributed by atoms with E-state index in [0.717, 1.165) is 27.9 Å². The molecule has 24 heavy (non-hydrogen) atoms.